The average molecular weight is 400 g/mol. The van der Waals surface area contributed by atoms with Crippen LogP contribution in [0.3, 0.4) is 0 Å². The van der Waals surface area contributed by atoms with Gasteiger partial charge >= 0.3 is 0 Å². The lowest BCUT2D eigenvalue weighted by molar-refractivity contribution is 0.162. The molecule has 0 aliphatic carbocycles. The van der Waals surface area contributed by atoms with Crippen LogP contribution in [0.4, 0.5) is 0 Å². The molecule has 0 N–H and O–H groups in total. The molecule has 0 radical (unpaired) electrons. The number of nitriles is 1. The van der Waals surface area contributed by atoms with E-state index in [0.29, 0.717) is 31.9 Å². The van der Waals surface area contributed by atoms with Crippen LogP contribution >= 0.6 is 0 Å². The third kappa shape index (κ3) is 4.71. The van der Waals surface area contributed by atoms with Crippen LogP contribution in [0.1, 0.15) is 22.7 Å². The molecular formula is C21H25N3O3S. The number of sulfonamides is 1. The van der Waals surface area contributed by atoms with Crippen molar-refractivity contribution in [3.8, 4) is 11.8 Å². The molecule has 0 amide bonds. The molecule has 0 bridgehead atoms. The van der Waals surface area contributed by atoms with E-state index in [1.54, 1.807) is 7.11 Å². The highest BCUT2D eigenvalue weighted by Gasteiger charge is 2.30. The number of ether oxygens (including phenoxy) is 1. The van der Waals surface area contributed by atoms with E-state index < -0.39 is 16.1 Å². The predicted octanol–water partition coefficient (Wildman–Crippen LogP) is 2.72. The zero-order valence-electron chi connectivity index (χ0n) is 16.2. The number of rotatable bonds is 6. The minimum absolute atomic E-state index is 0.00480. The molecule has 0 saturated carbocycles. The highest BCUT2D eigenvalue weighted by molar-refractivity contribution is 7.88. The molecule has 148 valence electrons. The minimum atomic E-state index is -3.38. The Bertz CT molecular complexity index is 944. The fraction of sp³-hybridized carbons (Fsp3) is 0.381. The van der Waals surface area contributed by atoms with Gasteiger partial charge in [0.2, 0.25) is 10.0 Å². The Kier molecular flexibility index (Phi) is 6.35. The standard InChI is InChI=1S/C21H25N3O3S/c1-17-6-8-18(9-7-17)16-28(25,26)24-12-10-23(11-13-24)21(15-22)19-4-3-5-20(14-19)27-2/h3-9,14,21H,10-13,16H2,1-2H3. The van der Waals surface area contributed by atoms with Gasteiger partial charge in [-0.3, -0.25) is 4.90 Å². The van der Waals surface area contributed by atoms with Crippen molar-refractivity contribution in [2.75, 3.05) is 33.3 Å². The summed E-state index contributed by atoms with van der Waals surface area (Å²) in [5.74, 6) is 0.710. The fourth-order valence-corrected chi connectivity index (χ4v) is 4.92. The third-order valence-electron chi connectivity index (χ3n) is 5.03. The highest BCUT2D eigenvalue weighted by Crippen LogP contribution is 2.25. The lowest BCUT2D eigenvalue weighted by Crippen LogP contribution is -2.49. The van der Waals surface area contributed by atoms with Crippen molar-refractivity contribution in [1.82, 2.24) is 9.21 Å². The third-order valence-corrected chi connectivity index (χ3v) is 6.88. The molecule has 7 heteroatoms. The number of hydrogen-bond donors (Lipinski definition) is 0. The van der Waals surface area contributed by atoms with E-state index in [1.165, 1.54) is 4.31 Å². The fourth-order valence-electron chi connectivity index (χ4n) is 3.40. The first-order chi connectivity index (χ1) is 13.4. The summed E-state index contributed by atoms with van der Waals surface area (Å²) in [6.45, 7) is 3.78. The van der Waals surface area contributed by atoms with Crippen LogP contribution in [0, 0.1) is 18.3 Å². The number of nitrogens with zero attached hydrogens (tertiary/aromatic N) is 3. The van der Waals surface area contributed by atoms with Crippen LogP contribution in [0.15, 0.2) is 48.5 Å². The summed E-state index contributed by atoms with van der Waals surface area (Å²) in [6.07, 6.45) is 0. The summed E-state index contributed by atoms with van der Waals surface area (Å²) in [5, 5.41) is 9.67. The quantitative estimate of drug-likeness (QED) is 0.747. The molecule has 0 aromatic heterocycles. The van der Waals surface area contributed by atoms with Crippen molar-refractivity contribution < 1.29 is 13.2 Å². The van der Waals surface area contributed by atoms with Gasteiger partial charge in [-0.2, -0.15) is 9.57 Å². The number of benzene rings is 2. The molecule has 1 saturated heterocycles. The monoisotopic (exact) mass is 399 g/mol. The smallest absolute Gasteiger partial charge is 0.218 e. The molecule has 1 fully saturated rings. The summed E-state index contributed by atoms with van der Waals surface area (Å²) >= 11 is 0. The van der Waals surface area contributed by atoms with Gasteiger partial charge < -0.3 is 4.74 Å². The van der Waals surface area contributed by atoms with Gasteiger partial charge in [0.05, 0.1) is 18.9 Å². The number of methoxy groups -OCH3 is 1. The van der Waals surface area contributed by atoms with Gasteiger partial charge in [-0.05, 0) is 30.2 Å². The number of piperazine rings is 1. The molecule has 1 aliphatic heterocycles. The first-order valence-electron chi connectivity index (χ1n) is 9.24. The van der Waals surface area contributed by atoms with E-state index in [0.717, 1.165) is 16.7 Å². The van der Waals surface area contributed by atoms with Crippen molar-refractivity contribution in [2.24, 2.45) is 0 Å². The molecule has 28 heavy (non-hydrogen) atoms. The van der Waals surface area contributed by atoms with Gasteiger partial charge in [0.1, 0.15) is 11.8 Å². The Hall–Kier alpha value is -2.40. The molecule has 2 aromatic carbocycles. The summed E-state index contributed by atoms with van der Waals surface area (Å²) in [6, 6.07) is 16.9. The summed E-state index contributed by atoms with van der Waals surface area (Å²) in [7, 11) is -1.78. The molecule has 6 nitrogen and oxygen atoms in total. The van der Waals surface area contributed by atoms with Crippen LogP contribution in [-0.2, 0) is 15.8 Å². The predicted molar refractivity (Wildman–Crippen MR) is 108 cm³/mol. The second-order valence-electron chi connectivity index (χ2n) is 6.99. The molecule has 1 aliphatic rings. The summed E-state index contributed by atoms with van der Waals surface area (Å²) in [4.78, 5) is 2.02. The maximum absolute atomic E-state index is 12.8. The Balaban J connectivity index is 1.65. The molecule has 3 rings (SSSR count). The van der Waals surface area contributed by atoms with E-state index in [4.69, 9.17) is 4.74 Å². The van der Waals surface area contributed by atoms with Crippen LogP contribution in [-0.4, -0.2) is 50.9 Å². The average Bonchev–Trinajstić information content (AvgIpc) is 2.71. The molecule has 0 spiro atoms. The topological polar surface area (TPSA) is 73.6 Å². The van der Waals surface area contributed by atoms with Crippen molar-refractivity contribution in [1.29, 1.82) is 5.26 Å². The highest BCUT2D eigenvalue weighted by atomic mass is 32.2. The van der Waals surface area contributed by atoms with Crippen LogP contribution < -0.4 is 4.74 Å². The maximum atomic E-state index is 12.8. The first-order valence-corrected chi connectivity index (χ1v) is 10.8. The molecule has 2 aromatic rings. The van der Waals surface area contributed by atoms with E-state index >= 15 is 0 Å². The minimum Gasteiger partial charge on any atom is -0.497 e. The van der Waals surface area contributed by atoms with Crippen LogP contribution in [0.25, 0.3) is 0 Å². The van der Waals surface area contributed by atoms with Crippen molar-refractivity contribution >= 4 is 10.0 Å². The van der Waals surface area contributed by atoms with Gasteiger partial charge in [0.15, 0.2) is 0 Å². The Morgan fingerprint density at radius 3 is 2.39 bits per heavy atom. The SMILES string of the molecule is COc1cccc(C(C#N)N2CCN(S(=O)(=O)Cc3ccc(C)cc3)CC2)c1. The lowest BCUT2D eigenvalue weighted by Gasteiger charge is -2.36. The van der Waals surface area contributed by atoms with Gasteiger partial charge in [-0.25, -0.2) is 8.42 Å². The van der Waals surface area contributed by atoms with E-state index in [1.807, 2.05) is 60.4 Å². The number of hydrogen-bond acceptors (Lipinski definition) is 5. The second kappa shape index (κ2) is 8.74. The normalized spacial score (nSPS) is 17.0. The maximum Gasteiger partial charge on any atom is 0.218 e. The molecular weight excluding hydrogens is 374 g/mol. The first kappa shape index (κ1) is 20.3. The molecule has 1 atom stereocenters. The summed E-state index contributed by atoms with van der Waals surface area (Å²) < 4.78 is 32.3. The van der Waals surface area contributed by atoms with Gasteiger partial charge in [-0.15, -0.1) is 0 Å². The molecule has 1 heterocycles. The Morgan fingerprint density at radius 1 is 1.11 bits per heavy atom. The number of aryl methyl sites for hydroxylation is 1. The van der Waals surface area contributed by atoms with Crippen molar-refractivity contribution in [3.05, 3.63) is 65.2 Å². The van der Waals surface area contributed by atoms with Gasteiger partial charge in [0.25, 0.3) is 0 Å². The van der Waals surface area contributed by atoms with Crippen molar-refractivity contribution in [2.45, 2.75) is 18.7 Å². The van der Waals surface area contributed by atoms with Crippen LogP contribution in [0.5, 0.6) is 5.75 Å². The zero-order chi connectivity index (χ0) is 20.1. The second-order valence-corrected chi connectivity index (χ2v) is 8.95. The Morgan fingerprint density at radius 2 is 1.79 bits per heavy atom. The largest absolute Gasteiger partial charge is 0.497 e. The molecule has 1 unspecified atom stereocenters. The van der Waals surface area contributed by atoms with Gasteiger partial charge in [-0.1, -0.05) is 42.0 Å². The van der Waals surface area contributed by atoms with Crippen LogP contribution in [0.2, 0.25) is 0 Å². The van der Waals surface area contributed by atoms with E-state index in [9.17, 15) is 13.7 Å². The lowest BCUT2D eigenvalue weighted by atomic mass is 10.1. The van der Waals surface area contributed by atoms with E-state index in [-0.39, 0.29) is 5.75 Å². The zero-order valence-corrected chi connectivity index (χ0v) is 17.0. The van der Waals surface area contributed by atoms with E-state index in [2.05, 4.69) is 6.07 Å². The summed E-state index contributed by atoms with van der Waals surface area (Å²) in [5.41, 5.74) is 2.76. The van der Waals surface area contributed by atoms with Crippen molar-refractivity contribution in [3.63, 3.8) is 0 Å². The Labute approximate surface area is 167 Å². The van der Waals surface area contributed by atoms with Gasteiger partial charge in [0, 0.05) is 26.2 Å².